The Bertz CT molecular complexity index is 295. The van der Waals surface area contributed by atoms with Crippen LogP contribution in [0.5, 0.6) is 17.2 Å². The molecular weight excluding hydrogens is 168 g/mol. The molecule has 0 aliphatic heterocycles. The van der Waals surface area contributed by atoms with E-state index < -0.39 is 0 Å². The van der Waals surface area contributed by atoms with E-state index in [1.807, 2.05) is 0 Å². The summed E-state index contributed by atoms with van der Waals surface area (Å²) in [5, 5.41) is 18.8. The average Bonchev–Trinajstić information content (AvgIpc) is 2.04. The Morgan fingerprint density at radius 2 is 1.92 bits per heavy atom. The molecule has 0 atom stereocenters. The van der Waals surface area contributed by atoms with Gasteiger partial charge in [-0.25, -0.2) is 0 Å². The van der Waals surface area contributed by atoms with Gasteiger partial charge in [0.15, 0.2) is 11.5 Å². The highest BCUT2D eigenvalue weighted by Gasteiger charge is 2.08. The van der Waals surface area contributed by atoms with Crippen molar-refractivity contribution in [2.75, 3.05) is 7.11 Å². The molecule has 0 heterocycles. The van der Waals surface area contributed by atoms with Crippen LogP contribution in [0.4, 0.5) is 0 Å². The van der Waals surface area contributed by atoms with E-state index in [-0.39, 0.29) is 17.2 Å². The van der Waals surface area contributed by atoms with Gasteiger partial charge in [-0.1, -0.05) is 6.08 Å². The summed E-state index contributed by atoms with van der Waals surface area (Å²) in [6, 6.07) is 3.08. The predicted molar refractivity (Wildman–Crippen MR) is 50.2 cm³/mol. The van der Waals surface area contributed by atoms with Crippen LogP contribution in [-0.4, -0.2) is 17.3 Å². The van der Waals surface area contributed by atoms with E-state index in [0.717, 1.165) is 5.56 Å². The number of benzene rings is 1. The monoisotopic (exact) mass is 180 g/mol. The molecule has 0 saturated carbocycles. The van der Waals surface area contributed by atoms with Gasteiger partial charge < -0.3 is 14.9 Å². The molecule has 2 N–H and O–H groups in total. The molecule has 0 fully saturated rings. The van der Waals surface area contributed by atoms with Crippen LogP contribution in [0, 0.1) is 0 Å². The van der Waals surface area contributed by atoms with Crippen LogP contribution >= 0.6 is 0 Å². The number of phenols is 2. The van der Waals surface area contributed by atoms with Crippen molar-refractivity contribution in [3.05, 3.63) is 30.4 Å². The van der Waals surface area contributed by atoms with Crippen LogP contribution in [0.1, 0.15) is 5.56 Å². The summed E-state index contributed by atoms with van der Waals surface area (Å²) in [6.07, 6.45) is 2.30. The van der Waals surface area contributed by atoms with E-state index >= 15 is 0 Å². The van der Waals surface area contributed by atoms with Crippen molar-refractivity contribution in [3.8, 4) is 17.2 Å². The van der Waals surface area contributed by atoms with Crippen LogP contribution in [0.3, 0.4) is 0 Å². The fourth-order valence-corrected chi connectivity index (χ4v) is 1.15. The van der Waals surface area contributed by atoms with Crippen molar-refractivity contribution in [1.82, 2.24) is 0 Å². The highest BCUT2D eigenvalue weighted by atomic mass is 16.5. The molecule has 0 unspecified atom stereocenters. The quantitative estimate of drug-likeness (QED) is 0.698. The molecule has 1 rings (SSSR count). The second kappa shape index (κ2) is 3.85. The topological polar surface area (TPSA) is 49.7 Å². The van der Waals surface area contributed by atoms with Gasteiger partial charge in [0.05, 0.1) is 7.11 Å². The third-order valence-corrected chi connectivity index (χ3v) is 1.69. The second-order valence-electron chi connectivity index (χ2n) is 2.66. The summed E-state index contributed by atoms with van der Waals surface area (Å²) < 4.78 is 4.78. The Balaban J connectivity index is 3.12. The van der Waals surface area contributed by atoms with Crippen molar-refractivity contribution in [2.45, 2.75) is 6.42 Å². The van der Waals surface area contributed by atoms with Gasteiger partial charge in [0.1, 0.15) is 0 Å². The first kappa shape index (κ1) is 9.45. The standard InChI is InChI=1S/C10H12O3/c1-3-4-7-5-8(11)10(13-2)9(12)6-7/h3,5-6,11-12H,1,4H2,2H3. The van der Waals surface area contributed by atoms with Crippen molar-refractivity contribution < 1.29 is 14.9 Å². The van der Waals surface area contributed by atoms with Crippen LogP contribution in [0.15, 0.2) is 24.8 Å². The predicted octanol–water partition coefficient (Wildman–Crippen LogP) is 1.83. The van der Waals surface area contributed by atoms with Crippen LogP contribution < -0.4 is 4.74 Å². The van der Waals surface area contributed by atoms with E-state index in [0.29, 0.717) is 6.42 Å². The van der Waals surface area contributed by atoms with Crippen molar-refractivity contribution in [1.29, 1.82) is 0 Å². The largest absolute Gasteiger partial charge is 0.504 e. The molecule has 0 radical (unpaired) electrons. The van der Waals surface area contributed by atoms with Gasteiger partial charge in [0.25, 0.3) is 0 Å². The highest BCUT2D eigenvalue weighted by Crippen LogP contribution is 2.36. The number of ether oxygens (including phenoxy) is 1. The van der Waals surface area contributed by atoms with Gasteiger partial charge in [-0.3, -0.25) is 0 Å². The molecule has 70 valence electrons. The summed E-state index contributed by atoms with van der Waals surface area (Å²) in [7, 11) is 1.39. The lowest BCUT2D eigenvalue weighted by Gasteiger charge is -2.07. The van der Waals surface area contributed by atoms with Gasteiger partial charge in [0, 0.05) is 0 Å². The zero-order chi connectivity index (χ0) is 9.84. The molecule has 0 amide bonds. The number of rotatable bonds is 3. The molecule has 1 aromatic rings. The molecular formula is C10H12O3. The molecule has 13 heavy (non-hydrogen) atoms. The lowest BCUT2D eigenvalue weighted by Crippen LogP contribution is -1.87. The van der Waals surface area contributed by atoms with E-state index in [9.17, 15) is 10.2 Å². The van der Waals surface area contributed by atoms with Gasteiger partial charge in [-0.15, -0.1) is 6.58 Å². The van der Waals surface area contributed by atoms with E-state index in [2.05, 4.69) is 6.58 Å². The minimum atomic E-state index is -0.0562. The summed E-state index contributed by atoms with van der Waals surface area (Å²) in [4.78, 5) is 0. The van der Waals surface area contributed by atoms with E-state index in [4.69, 9.17) is 4.74 Å². The lowest BCUT2D eigenvalue weighted by atomic mass is 10.1. The molecule has 1 aromatic carbocycles. The Morgan fingerprint density at radius 1 is 1.38 bits per heavy atom. The molecule has 0 saturated heterocycles. The summed E-state index contributed by atoms with van der Waals surface area (Å²) in [5.74, 6) is -0.00786. The molecule has 0 aliphatic rings. The Labute approximate surface area is 76.9 Å². The fourth-order valence-electron chi connectivity index (χ4n) is 1.15. The van der Waals surface area contributed by atoms with Gasteiger partial charge in [0.2, 0.25) is 5.75 Å². The summed E-state index contributed by atoms with van der Waals surface area (Å²) in [6.45, 7) is 3.56. The lowest BCUT2D eigenvalue weighted by molar-refractivity contribution is 0.344. The minimum absolute atomic E-state index is 0.0562. The van der Waals surface area contributed by atoms with Gasteiger partial charge >= 0.3 is 0 Å². The maximum atomic E-state index is 9.38. The van der Waals surface area contributed by atoms with Crippen molar-refractivity contribution in [3.63, 3.8) is 0 Å². The average molecular weight is 180 g/mol. The van der Waals surface area contributed by atoms with Crippen LogP contribution in [-0.2, 0) is 6.42 Å². The number of methoxy groups -OCH3 is 1. The Morgan fingerprint density at radius 3 is 2.31 bits per heavy atom. The summed E-state index contributed by atoms with van der Waals surface area (Å²) >= 11 is 0. The molecule has 3 heteroatoms. The third kappa shape index (κ3) is 1.93. The van der Waals surface area contributed by atoms with Gasteiger partial charge in [-0.2, -0.15) is 0 Å². The smallest absolute Gasteiger partial charge is 0.202 e. The number of phenolic OH excluding ortho intramolecular Hbond substituents is 2. The first-order valence-electron chi connectivity index (χ1n) is 3.88. The maximum Gasteiger partial charge on any atom is 0.202 e. The number of hydrogen-bond acceptors (Lipinski definition) is 3. The molecule has 0 aromatic heterocycles. The Kier molecular flexibility index (Phi) is 2.80. The summed E-state index contributed by atoms with van der Waals surface area (Å²) in [5.41, 5.74) is 0.797. The van der Waals surface area contributed by atoms with Crippen molar-refractivity contribution in [2.24, 2.45) is 0 Å². The maximum absolute atomic E-state index is 9.38. The third-order valence-electron chi connectivity index (χ3n) is 1.69. The second-order valence-corrected chi connectivity index (χ2v) is 2.66. The van der Waals surface area contributed by atoms with Crippen LogP contribution in [0.2, 0.25) is 0 Å². The van der Waals surface area contributed by atoms with Crippen LogP contribution in [0.25, 0.3) is 0 Å². The molecule has 3 nitrogen and oxygen atoms in total. The first-order chi connectivity index (χ1) is 6.19. The fraction of sp³-hybridized carbons (Fsp3) is 0.200. The van der Waals surface area contributed by atoms with E-state index in [1.165, 1.54) is 7.11 Å². The van der Waals surface area contributed by atoms with Crippen molar-refractivity contribution >= 4 is 0 Å². The first-order valence-corrected chi connectivity index (χ1v) is 3.88. The van der Waals surface area contributed by atoms with Gasteiger partial charge in [-0.05, 0) is 24.1 Å². The van der Waals surface area contributed by atoms with E-state index in [1.54, 1.807) is 18.2 Å². The zero-order valence-corrected chi connectivity index (χ0v) is 7.45. The number of hydrogen-bond donors (Lipinski definition) is 2. The highest BCUT2D eigenvalue weighted by molar-refractivity contribution is 5.52. The normalized spacial score (nSPS) is 9.62. The molecule has 0 aliphatic carbocycles. The minimum Gasteiger partial charge on any atom is -0.504 e. The number of aromatic hydroxyl groups is 2. The zero-order valence-electron chi connectivity index (χ0n) is 7.45. The SMILES string of the molecule is C=CCc1cc(O)c(OC)c(O)c1. The number of allylic oxidation sites excluding steroid dienone is 1. The molecule has 0 bridgehead atoms. The molecule has 0 spiro atoms. The Hall–Kier alpha value is -1.64.